The molecule has 3 aromatic heterocycles. The first-order chi connectivity index (χ1) is 10.9. The number of pyridine rings is 1. The lowest BCUT2D eigenvalue weighted by Gasteiger charge is -2.17. The Bertz CT molecular complexity index is 813. The maximum atomic E-state index is 4.91. The molecular weight excluding hydrogens is 286 g/mol. The predicted octanol–water partition coefficient (Wildman–Crippen LogP) is 3.15. The van der Waals surface area contributed by atoms with Crippen molar-refractivity contribution in [3.05, 3.63) is 48.2 Å². The topological polar surface area (TPSA) is 46.3 Å². The third-order valence-electron chi connectivity index (χ3n) is 3.72. The van der Waals surface area contributed by atoms with E-state index in [0.717, 1.165) is 29.3 Å². The van der Waals surface area contributed by atoms with Gasteiger partial charge in [0.25, 0.3) is 0 Å². The molecule has 3 aromatic rings. The lowest BCUT2D eigenvalue weighted by atomic mass is 9.90. The molecule has 0 aliphatic carbocycles. The smallest absolute Gasteiger partial charge is 0.137 e. The molecule has 23 heavy (non-hydrogen) atoms. The summed E-state index contributed by atoms with van der Waals surface area (Å²) in [5.41, 5.74) is 5.15. The van der Waals surface area contributed by atoms with Crippen molar-refractivity contribution in [1.82, 2.24) is 24.3 Å². The fourth-order valence-corrected chi connectivity index (χ4v) is 2.75. The summed E-state index contributed by atoms with van der Waals surface area (Å²) in [7, 11) is 4.14. The van der Waals surface area contributed by atoms with Crippen molar-refractivity contribution in [3.63, 3.8) is 0 Å². The first-order valence-corrected chi connectivity index (χ1v) is 7.79. The Balaban J connectivity index is 2.23. The van der Waals surface area contributed by atoms with Gasteiger partial charge in [-0.25, -0.2) is 15.0 Å². The number of nitrogens with zero attached hydrogens (tertiary/aromatic N) is 5. The quantitative estimate of drug-likeness (QED) is 0.745. The Morgan fingerprint density at radius 1 is 1.17 bits per heavy atom. The van der Waals surface area contributed by atoms with Gasteiger partial charge < -0.3 is 4.90 Å². The van der Waals surface area contributed by atoms with E-state index in [9.17, 15) is 0 Å². The van der Waals surface area contributed by atoms with Crippen LogP contribution in [0.2, 0.25) is 0 Å². The Labute approximate surface area is 137 Å². The molecular formula is C18H23N5. The van der Waals surface area contributed by atoms with Crippen LogP contribution >= 0.6 is 0 Å². The third kappa shape index (κ3) is 3.10. The SMILES string of the molecule is CN(C)Cc1ccn2c(-c3ccncn3)c(C(C)(C)C)nc2c1. The number of rotatable bonds is 3. The first kappa shape index (κ1) is 15.6. The largest absolute Gasteiger partial charge is 0.305 e. The Kier molecular flexibility index (Phi) is 3.90. The highest BCUT2D eigenvalue weighted by Crippen LogP contribution is 2.32. The number of imidazole rings is 1. The van der Waals surface area contributed by atoms with Crippen molar-refractivity contribution in [2.45, 2.75) is 32.7 Å². The number of fused-ring (bicyclic) bond motifs is 1. The molecule has 0 aliphatic heterocycles. The molecule has 3 rings (SSSR count). The molecule has 0 atom stereocenters. The minimum absolute atomic E-state index is 0.0615. The van der Waals surface area contributed by atoms with Crippen LogP contribution in [0.15, 0.2) is 36.9 Å². The summed E-state index contributed by atoms with van der Waals surface area (Å²) >= 11 is 0. The standard InChI is InChI=1S/C18H23N5/c1-18(2,3)17-16(14-6-8-19-12-20-14)23-9-7-13(11-22(4)5)10-15(23)21-17/h6-10,12H,11H2,1-5H3. The van der Waals surface area contributed by atoms with Gasteiger partial charge in [-0.3, -0.25) is 4.40 Å². The van der Waals surface area contributed by atoms with E-state index in [1.807, 2.05) is 6.07 Å². The van der Waals surface area contributed by atoms with Crippen LogP contribution in [0, 0.1) is 0 Å². The Hall–Kier alpha value is -2.27. The molecule has 0 amide bonds. The monoisotopic (exact) mass is 309 g/mol. The zero-order valence-electron chi connectivity index (χ0n) is 14.4. The molecule has 0 radical (unpaired) electrons. The molecule has 0 saturated carbocycles. The third-order valence-corrected chi connectivity index (χ3v) is 3.72. The maximum Gasteiger partial charge on any atom is 0.137 e. The molecule has 5 nitrogen and oxygen atoms in total. The van der Waals surface area contributed by atoms with Crippen LogP contribution in [0.25, 0.3) is 17.0 Å². The van der Waals surface area contributed by atoms with Crippen LogP contribution in [0.1, 0.15) is 32.0 Å². The van der Waals surface area contributed by atoms with Gasteiger partial charge in [0.15, 0.2) is 0 Å². The second-order valence-corrected chi connectivity index (χ2v) is 7.15. The van der Waals surface area contributed by atoms with Crippen LogP contribution in [0.5, 0.6) is 0 Å². The zero-order valence-corrected chi connectivity index (χ0v) is 14.4. The fraction of sp³-hybridized carbons (Fsp3) is 0.389. The van der Waals surface area contributed by atoms with Crippen LogP contribution in [0.3, 0.4) is 0 Å². The molecule has 5 heteroatoms. The van der Waals surface area contributed by atoms with Gasteiger partial charge in [-0.05, 0) is 37.9 Å². The lowest BCUT2D eigenvalue weighted by Crippen LogP contribution is -2.13. The van der Waals surface area contributed by atoms with E-state index in [2.05, 4.69) is 72.5 Å². The molecule has 0 bridgehead atoms. The first-order valence-electron chi connectivity index (χ1n) is 7.79. The van der Waals surface area contributed by atoms with E-state index in [4.69, 9.17) is 4.98 Å². The highest BCUT2D eigenvalue weighted by molar-refractivity contribution is 5.65. The summed E-state index contributed by atoms with van der Waals surface area (Å²) in [6, 6.07) is 6.23. The van der Waals surface area contributed by atoms with E-state index >= 15 is 0 Å². The summed E-state index contributed by atoms with van der Waals surface area (Å²) in [5, 5.41) is 0. The van der Waals surface area contributed by atoms with E-state index in [1.54, 1.807) is 12.5 Å². The van der Waals surface area contributed by atoms with E-state index in [0.29, 0.717) is 0 Å². The summed E-state index contributed by atoms with van der Waals surface area (Å²) in [5.74, 6) is 0. The number of hydrogen-bond donors (Lipinski definition) is 0. The molecule has 0 saturated heterocycles. The lowest BCUT2D eigenvalue weighted by molar-refractivity contribution is 0.402. The maximum absolute atomic E-state index is 4.91. The van der Waals surface area contributed by atoms with Crippen LogP contribution in [-0.2, 0) is 12.0 Å². The predicted molar refractivity (Wildman–Crippen MR) is 92.3 cm³/mol. The molecule has 0 fully saturated rings. The Morgan fingerprint density at radius 2 is 1.96 bits per heavy atom. The Morgan fingerprint density at radius 3 is 2.57 bits per heavy atom. The summed E-state index contributed by atoms with van der Waals surface area (Å²) in [6.45, 7) is 7.44. The highest BCUT2D eigenvalue weighted by Gasteiger charge is 2.25. The molecule has 3 heterocycles. The average Bonchev–Trinajstić information content (AvgIpc) is 2.86. The van der Waals surface area contributed by atoms with Gasteiger partial charge in [-0.15, -0.1) is 0 Å². The number of hydrogen-bond acceptors (Lipinski definition) is 4. The van der Waals surface area contributed by atoms with Crippen molar-refractivity contribution in [3.8, 4) is 11.4 Å². The summed E-state index contributed by atoms with van der Waals surface area (Å²) in [6.07, 6.45) is 5.45. The second-order valence-electron chi connectivity index (χ2n) is 7.15. The van der Waals surface area contributed by atoms with Crippen molar-refractivity contribution in [2.24, 2.45) is 0 Å². The van der Waals surface area contributed by atoms with Gasteiger partial charge in [0, 0.05) is 24.4 Å². The highest BCUT2D eigenvalue weighted by atomic mass is 15.1. The van der Waals surface area contributed by atoms with Gasteiger partial charge in [0.1, 0.15) is 12.0 Å². The van der Waals surface area contributed by atoms with Crippen molar-refractivity contribution >= 4 is 5.65 Å². The molecule has 0 N–H and O–H groups in total. The van der Waals surface area contributed by atoms with Crippen molar-refractivity contribution in [2.75, 3.05) is 14.1 Å². The molecule has 0 aromatic carbocycles. The summed E-state index contributed by atoms with van der Waals surface area (Å²) in [4.78, 5) is 15.5. The minimum atomic E-state index is -0.0615. The fourth-order valence-electron chi connectivity index (χ4n) is 2.75. The zero-order chi connectivity index (χ0) is 16.6. The van der Waals surface area contributed by atoms with Gasteiger partial charge in [0.05, 0.1) is 17.1 Å². The van der Waals surface area contributed by atoms with Crippen molar-refractivity contribution in [1.29, 1.82) is 0 Å². The van der Waals surface area contributed by atoms with E-state index < -0.39 is 0 Å². The van der Waals surface area contributed by atoms with E-state index in [1.165, 1.54) is 5.56 Å². The van der Waals surface area contributed by atoms with Gasteiger partial charge in [-0.2, -0.15) is 0 Å². The van der Waals surface area contributed by atoms with Gasteiger partial charge >= 0.3 is 0 Å². The molecule has 0 spiro atoms. The normalized spacial score (nSPS) is 12.3. The van der Waals surface area contributed by atoms with E-state index in [-0.39, 0.29) is 5.41 Å². The number of aromatic nitrogens is 4. The van der Waals surface area contributed by atoms with Crippen molar-refractivity contribution < 1.29 is 0 Å². The molecule has 120 valence electrons. The van der Waals surface area contributed by atoms with Crippen LogP contribution in [0.4, 0.5) is 0 Å². The van der Waals surface area contributed by atoms with Crippen LogP contribution in [-0.4, -0.2) is 38.3 Å². The van der Waals surface area contributed by atoms with Gasteiger partial charge in [-0.1, -0.05) is 20.8 Å². The average molecular weight is 309 g/mol. The van der Waals surface area contributed by atoms with Gasteiger partial charge in [0.2, 0.25) is 0 Å². The molecule has 0 unspecified atom stereocenters. The molecule has 0 aliphatic rings. The second kappa shape index (κ2) is 5.74. The summed E-state index contributed by atoms with van der Waals surface area (Å²) < 4.78 is 2.13. The van der Waals surface area contributed by atoms with Crippen LogP contribution < -0.4 is 0 Å². The minimum Gasteiger partial charge on any atom is -0.305 e.